The Morgan fingerprint density at radius 2 is 1.89 bits per heavy atom. The molecule has 0 radical (unpaired) electrons. The van der Waals surface area contributed by atoms with E-state index in [1.54, 1.807) is 0 Å². The van der Waals surface area contributed by atoms with Gasteiger partial charge in [-0.15, -0.1) is 24.8 Å². The Morgan fingerprint density at radius 1 is 1.33 bits per heavy atom. The number of rotatable bonds is 4. The van der Waals surface area contributed by atoms with Gasteiger partial charge < -0.3 is 16.0 Å². The van der Waals surface area contributed by atoms with Crippen LogP contribution in [-0.2, 0) is 4.79 Å². The lowest BCUT2D eigenvalue weighted by molar-refractivity contribution is -0.125. The second kappa shape index (κ2) is 8.20. The maximum Gasteiger partial charge on any atom is 0.223 e. The first-order valence-corrected chi connectivity index (χ1v) is 6.03. The molecule has 3 N–H and O–H groups in total. The first kappa shape index (κ1) is 20.3. The summed E-state index contributed by atoms with van der Waals surface area (Å²) in [5.74, 6) is 0.302. The van der Waals surface area contributed by atoms with Crippen molar-refractivity contribution in [1.29, 1.82) is 0 Å². The maximum atomic E-state index is 11.9. The van der Waals surface area contributed by atoms with Crippen LogP contribution in [0, 0.1) is 5.92 Å². The largest absolute Gasteiger partial charge is 0.354 e. The molecule has 18 heavy (non-hydrogen) atoms. The van der Waals surface area contributed by atoms with Crippen molar-refractivity contribution < 1.29 is 4.79 Å². The summed E-state index contributed by atoms with van der Waals surface area (Å²) in [6.45, 7) is 4.92. The minimum absolute atomic E-state index is 0. The number of hydrogen-bond donors (Lipinski definition) is 2. The first-order valence-electron chi connectivity index (χ1n) is 6.03. The van der Waals surface area contributed by atoms with Gasteiger partial charge in [-0.3, -0.25) is 4.79 Å². The predicted molar refractivity (Wildman–Crippen MR) is 80.6 cm³/mol. The molecule has 0 saturated heterocycles. The van der Waals surface area contributed by atoms with Gasteiger partial charge in [-0.05, 0) is 47.2 Å². The van der Waals surface area contributed by atoms with Crippen LogP contribution in [0.15, 0.2) is 0 Å². The van der Waals surface area contributed by atoms with Crippen LogP contribution in [0.4, 0.5) is 0 Å². The van der Waals surface area contributed by atoms with E-state index in [0.29, 0.717) is 6.54 Å². The number of nitrogens with one attached hydrogen (secondary N) is 1. The number of amides is 1. The van der Waals surface area contributed by atoms with Crippen LogP contribution in [0.3, 0.4) is 0 Å². The second-order valence-corrected chi connectivity index (χ2v) is 5.69. The van der Waals surface area contributed by atoms with Crippen LogP contribution >= 0.6 is 24.8 Å². The molecule has 0 aromatic carbocycles. The zero-order valence-electron chi connectivity index (χ0n) is 11.7. The van der Waals surface area contributed by atoms with Crippen molar-refractivity contribution in [2.24, 2.45) is 11.7 Å². The van der Waals surface area contributed by atoms with Crippen LogP contribution in [-0.4, -0.2) is 43.0 Å². The summed E-state index contributed by atoms with van der Waals surface area (Å²) in [4.78, 5) is 14.0. The van der Waals surface area contributed by atoms with Crippen molar-refractivity contribution >= 4 is 30.7 Å². The van der Waals surface area contributed by atoms with Crippen LogP contribution in [0.2, 0.25) is 0 Å². The third-order valence-corrected chi connectivity index (χ3v) is 3.75. The molecule has 4 nitrogen and oxygen atoms in total. The lowest BCUT2D eigenvalue weighted by atomic mass is 10.0. The zero-order chi connectivity index (χ0) is 12.3. The van der Waals surface area contributed by atoms with E-state index in [1.165, 1.54) is 0 Å². The number of halogens is 2. The molecule has 1 saturated carbocycles. The van der Waals surface area contributed by atoms with E-state index in [-0.39, 0.29) is 48.2 Å². The van der Waals surface area contributed by atoms with E-state index in [9.17, 15) is 4.79 Å². The van der Waals surface area contributed by atoms with Gasteiger partial charge in [0.1, 0.15) is 0 Å². The summed E-state index contributed by atoms with van der Waals surface area (Å²) in [6.07, 6.45) is 2.76. The van der Waals surface area contributed by atoms with Gasteiger partial charge in [0, 0.05) is 24.0 Å². The molecular weight excluding hydrogens is 273 g/mol. The average Bonchev–Trinajstić information content (AvgIpc) is 2.61. The Bertz CT molecular complexity index is 260. The van der Waals surface area contributed by atoms with E-state index in [0.717, 1.165) is 19.3 Å². The molecule has 0 bridgehead atoms. The highest BCUT2D eigenvalue weighted by Gasteiger charge is 2.29. The molecular formula is C12H27Cl2N3O. The van der Waals surface area contributed by atoms with E-state index in [1.807, 2.05) is 14.1 Å². The molecule has 2 unspecified atom stereocenters. The first-order chi connectivity index (χ1) is 7.33. The molecule has 2 atom stereocenters. The summed E-state index contributed by atoms with van der Waals surface area (Å²) < 4.78 is 0. The molecule has 110 valence electrons. The van der Waals surface area contributed by atoms with Crippen molar-refractivity contribution in [2.75, 3.05) is 20.6 Å². The Morgan fingerprint density at radius 3 is 2.28 bits per heavy atom. The second-order valence-electron chi connectivity index (χ2n) is 5.69. The molecule has 0 aliphatic heterocycles. The summed E-state index contributed by atoms with van der Waals surface area (Å²) >= 11 is 0. The highest BCUT2D eigenvalue weighted by molar-refractivity contribution is 5.85. The number of carbonyl (C=O) groups excluding carboxylic acids is 1. The van der Waals surface area contributed by atoms with Crippen molar-refractivity contribution in [3.63, 3.8) is 0 Å². The minimum atomic E-state index is -0.00359. The molecule has 1 amide bonds. The molecule has 1 rings (SSSR count). The molecule has 1 fully saturated rings. The van der Waals surface area contributed by atoms with Crippen molar-refractivity contribution in [1.82, 2.24) is 10.2 Å². The SMILES string of the molecule is CN(C)C(C)(C)CNC(=O)C1CCC(N)C1.Cl.Cl. The smallest absolute Gasteiger partial charge is 0.223 e. The summed E-state index contributed by atoms with van der Waals surface area (Å²) in [7, 11) is 4.05. The normalized spacial score (nSPS) is 23.2. The third-order valence-electron chi connectivity index (χ3n) is 3.75. The summed E-state index contributed by atoms with van der Waals surface area (Å²) in [5, 5.41) is 3.03. The van der Waals surface area contributed by atoms with Crippen molar-refractivity contribution in [3.8, 4) is 0 Å². The van der Waals surface area contributed by atoms with Gasteiger partial charge in [0.2, 0.25) is 5.91 Å². The Labute approximate surface area is 123 Å². The van der Waals surface area contributed by atoms with Gasteiger partial charge in [-0.25, -0.2) is 0 Å². The molecule has 1 aliphatic rings. The van der Waals surface area contributed by atoms with Gasteiger partial charge in [0.05, 0.1) is 0 Å². The maximum absolute atomic E-state index is 11.9. The molecule has 0 heterocycles. The lowest BCUT2D eigenvalue weighted by Gasteiger charge is -2.33. The Balaban J connectivity index is 0. The predicted octanol–water partition coefficient (Wildman–Crippen LogP) is 1.41. The molecule has 1 aliphatic carbocycles. The Kier molecular flexibility index (Phi) is 9.25. The Hall–Kier alpha value is -0.0300. The fraction of sp³-hybridized carbons (Fsp3) is 0.917. The van der Waals surface area contributed by atoms with Crippen LogP contribution in [0.5, 0.6) is 0 Å². The van der Waals surface area contributed by atoms with Crippen molar-refractivity contribution in [3.05, 3.63) is 0 Å². The number of nitrogens with two attached hydrogens (primary N) is 1. The summed E-state index contributed by atoms with van der Waals surface area (Å²) in [5.41, 5.74) is 5.80. The number of hydrogen-bond acceptors (Lipinski definition) is 3. The molecule has 0 aromatic rings. The van der Waals surface area contributed by atoms with E-state index in [4.69, 9.17) is 5.73 Å². The molecule has 6 heteroatoms. The third kappa shape index (κ3) is 5.74. The van der Waals surface area contributed by atoms with E-state index >= 15 is 0 Å². The molecule has 0 aromatic heterocycles. The topological polar surface area (TPSA) is 58.4 Å². The van der Waals surface area contributed by atoms with E-state index in [2.05, 4.69) is 24.1 Å². The van der Waals surface area contributed by atoms with E-state index < -0.39 is 0 Å². The highest BCUT2D eigenvalue weighted by atomic mass is 35.5. The van der Waals surface area contributed by atoms with Gasteiger partial charge in [0.15, 0.2) is 0 Å². The molecule has 0 spiro atoms. The minimum Gasteiger partial charge on any atom is -0.354 e. The fourth-order valence-corrected chi connectivity index (χ4v) is 1.86. The fourth-order valence-electron chi connectivity index (χ4n) is 1.86. The summed E-state index contributed by atoms with van der Waals surface area (Å²) in [6, 6.07) is 0.220. The van der Waals surface area contributed by atoms with Crippen LogP contribution in [0.1, 0.15) is 33.1 Å². The van der Waals surface area contributed by atoms with Gasteiger partial charge in [-0.1, -0.05) is 0 Å². The van der Waals surface area contributed by atoms with Gasteiger partial charge >= 0.3 is 0 Å². The zero-order valence-corrected chi connectivity index (χ0v) is 13.4. The standard InChI is InChI=1S/C12H25N3O.2ClH/c1-12(2,15(3)4)8-14-11(16)9-5-6-10(13)7-9;;/h9-10H,5-8,13H2,1-4H3,(H,14,16);2*1H. The number of carbonyl (C=O) groups is 1. The lowest BCUT2D eigenvalue weighted by Crippen LogP contribution is -2.49. The monoisotopic (exact) mass is 299 g/mol. The number of nitrogens with zero attached hydrogens (tertiary/aromatic N) is 1. The quantitative estimate of drug-likeness (QED) is 0.825. The highest BCUT2D eigenvalue weighted by Crippen LogP contribution is 2.24. The average molecular weight is 300 g/mol. The van der Waals surface area contributed by atoms with Crippen LogP contribution in [0.25, 0.3) is 0 Å². The van der Waals surface area contributed by atoms with Gasteiger partial charge in [0.25, 0.3) is 0 Å². The number of likely N-dealkylation sites (N-methyl/N-ethyl adjacent to an activating group) is 1. The van der Waals surface area contributed by atoms with Gasteiger partial charge in [-0.2, -0.15) is 0 Å². The van der Waals surface area contributed by atoms with Crippen molar-refractivity contribution in [2.45, 2.75) is 44.7 Å². The van der Waals surface area contributed by atoms with Crippen LogP contribution < -0.4 is 11.1 Å².